The van der Waals surface area contributed by atoms with Crippen molar-refractivity contribution in [3.8, 4) is 17.1 Å². The van der Waals surface area contributed by atoms with Gasteiger partial charge in [0.15, 0.2) is 5.82 Å². The molecule has 3 aromatic rings. The number of para-hydroxylation sites is 1. The molecule has 2 atom stereocenters. The quantitative estimate of drug-likeness (QED) is 0.710. The predicted octanol–water partition coefficient (Wildman–Crippen LogP) is 3.78. The van der Waals surface area contributed by atoms with Gasteiger partial charge in [0, 0.05) is 36.6 Å². The Kier molecular flexibility index (Phi) is 4.17. The molecule has 0 N–H and O–H groups in total. The minimum atomic E-state index is 0.604. The van der Waals surface area contributed by atoms with Gasteiger partial charge in [-0.2, -0.15) is 0 Å². The van der Waals surface area contributed by atoms with E-state index in [1.54, 1.807) is 7.11 Å². The average molecular weight is 361 g/mol. The lowest BCUT2D eigenvalue weighted by Crippen LogP contribution is -2.40. The number of hydrogen-bond acceptors (Lipinski definition) is 5. The Morgan fingerprint density at radius 2 is 1.93 bits per heavy atom. The van der Waals surface area contributed by atoms with Gasteiger partial charge >= 0.3 is 0 Å². The van der Waals surface area contributed by atoms with Crippen LogP contribution >= 0.6 is 0 Å². The van der Waals surface area contributed by atoms with Crippen molar-refractivity contribution in [2.24, 2.45) is 11.8 Å². The summed E-state index contributed by atoms with van der Waals surface area (Å²) in [6, 6.07) is 16.2. The summed E-state index contributed by atoms with van der Waals surface area (Å²) in [6.45, 7) is 3.80. The van der Waals surface area contributed by atoms with Crippen LogP contribution < -0.4 is 9.64 Å². The molecular formula is C22H23N3O2. The van der Waals surface area contributed by atoms with Crippen molar-refractivity contribution in [2.75, 3.05) is 38.3 Å². The lowest BCUT2D eigenvalue weighted by molar-refractivity contribution is 0.182. The van der Waals surface area contributed by atoms with Crippen molar-refractivity contribution in [1.82, 2.24) is 9.97 Å². The van der Waals surface area contributed by atoms with Crippen molar-refractivity contribution >= 4 is 16.7 Å². The molecule has 0 bridgehead atoms. The van der Waals surface area contributed by atoms with Crippen molar-refractivity contribution in [2.45, 2.75) is 6.42 Å². The molecule has 2 aliphatic rings. The summed E-state index contributed by atoms with van der Waals surface area (Å²) in [4.78, 5) is 12.2. The number of ether oxygens (including phenoxy) is 2. The van der Waals surface area contributed by atoms with Crippen LogP contribution in [0.15, 0.2) is 48.5 Å². The molecular weight excluding hydrogens is 338 g/mol. The Bertz CT molecular complexity index is 975. The summed E-state index contributed by atoms with van der Waals surface area (Å²) in [6.07, 6.45) is 1.16. The normalized spacial score (nSPS) is 22.0. The number of anilines is 1. The van der Waals surface area contributed by atoms with Gasteiger partial charge in [0.25, 0.3) is 0 Å². The largest absolute Gasteiger partial charge is 0.497 e. The highest BCUT2D eigenvalue weighted by molar-refractivity contribution is 5.91. The first-order valence-corrected chi connectivity index (χ1v) is 9.56. The van der Waals surface area contributed by atoms with Gasteiger partial charge in [-0.15, -0.1) is 0 Å². The molecule has 2 saturated heterocycles. The van der Waals surface area contributed by atoms with Crippen molar-refractivity contribution in [1.29, 1.82) is 0 Å². The summed E-state index contributed by atoms with van der Waals surface area (Å²) in [5, 5.41) is 1.11. The number of aromatic nitrogens is 2. The van der Waals surface area contributed by atoms with Gasteiger partial charge in [-0.05, 0) is 36.6 Å². The van der Waals surface area contributed by atoms with Gasteiger partial charge in [0.1, 0.15) is 11.6 Å². The first kappa shape index (κ1) is 16.5. The Labute approximate surface area is 159 Å². The molecule has 0 radical (unpaired) electrons. The second-order valence-electron chi connectivity index (χ2n) is 7.41. The number of rotatable bonds is 3. The third-order valence-corrected chi connectivity index (χ3v) is 5.77. The van der Waals surface area contributed by atoms with E-state index in [4.69, 9.17) is 19.4 Å². The summed E-state index contributed by atoms with van der Waals surface area (Å²) in [5.74, 6) is 3.89. The smallest absolute Gasteiger partial charge is 0.162 e. The zero-order chi connectivity index (χ0) is 18.2. The number of piperidine rings is 1. The van der Waals surface area contributed by atoms with Crippen LogP contribution in [0, 0.1) is 11.8 Å². The van der Waals surface area contributed by atoms with E-state index in [1.807, 2.05) is 30.3 Å². The maximum Gasteiger partial charge on any atom is 0.162 e. The lowest BCUT2D eigenvalue weighted by Gasteiger charge is -2.35. The van der Waals surface area contributed by atoms with Gasteiger partial charge < -0.3 is 14.4 Å². The summed E-state index contributed by atoms with van der Waals surface area (Å²) < 4.78 is 11.1. The minimum Gasteiger partial charge on any atom is -0.497 e. The van der Waals surface area contributed by atoms with Gasteiger partial charge in [0.05, 0.1) is 19.2 Å². The standard InChI is InChI=1S/C22H23N3O2/c1-26-18-6-4-5-15(11-18)21-23-20-8-3-2-7-19(20)22(24-21)25-10-9-16-13-27-14-17(16)12-25/h2-8,11,16-17H,9-10,12-14H2,1H3. The maximum atomic E-state index is 5.71. The van der Waals surface area contributed by atoms with E-state index in [1.165, 1.54) is 0 Å². The summed E-state index contributed by atoms with van der Waals surface area (Å²) in [5.41, 5.74) is 1.95. The number of hydrogen-bond donors (Lipinski definition) is 0. The molecule has 5 rings (SSSR count). The number of fused-ring (bicyclic) bond motifs is 2. The molecule has 3 heterocycles. The molecule has 5 heteroatoms. The maximum absolute atomic E-state index is 5.71. The number of methoxy groups -OCH3 is 1. The fourth-order valence-corrected chi connectivity index (χ4v) is 4.24. The molecule has 2 aromatic carbocycles. The van der Waals surface area contributed by atoms with Crippen LogP contribution in [-0.2, 0) is 4.74 Å². The molecule has 5 nitrogen and oxygen atoms in total. The predicted molar refractivity (Wildman–Crippen MR) is 106 cm³/mol. The van der Waals surface area contributed by atoms with Gasteiger partial charge in [-0.25, -0.2) is 9.97 Å². The van der Waals surface area contributed by atoms with E-state index >= 15 is 0 Å². The molecule has 2 unspecified atom stereocenters. The fraction of sp³-hybridized carbons (Fsp3) is 0.364. The van der Waals surface area contributed by atoms with Crippen molar-refractivity contribution < 1.29 is 9.47 Å². The highest BCUT2D eigenvalue weighted by atomic mass is 16.5. The first-order chi connectivity index (χ1) is 13.3. The van der Waals surface area contributed by atoms with Crippen LogP contribution in [0.25, 0.3) is 22.3 Å². The Balaban J connectivity index is 1.60. The van der Waals surface area contributed by atoms with E-state index in [-0.39, 0.29) is 0 Å². The van der Waals surface area contributed by atoms with E-state index in [9.17, 15) is 0 Å². The topological polar surface area (TPSA) is 47.5 Å². The van der Waals surface area contributed by atoms with Gasteiger partial charge in [0.2, 0.25) is 0 Å². The zero-order valence-electron chi connectivity index (χ0n) is 15.5. The minimum absolute atomic E-state index is 0.604. The monoisotopic (exact) mass is 361 g/mol. The molecule has 2 fully saturated rings. The molecule has 0 saturated carbocycles. The van der Waals surface area contributed by atoms with E-state index in [0.717, 1.165) is 66.6 Å². The summed E-state index contributed by atoms with van der Waals surface area (Å²) >= 11 is 0. The fourth-order valence-electron chi connectivity index (χ4n) is 4.24. The van der Waals surface area contributed by atoms with Gasteiger partial charge in [-0.3, -0.25) is 0 Å². The summed E-state index contributed by atoms with van der Waals surface area (Å²) in [7, 11) is 1.68. The van der Waals surface area contributed by atoms with Crippen molar-refractivity contribution in [3.05, 3.63) is 48.5 Å². The highest BCUT2D eigenvalue weighted by Gasteiger charge is 2.34. The molecule has 0 spiro atoms. The Hall–Kier alpha value is -2.66. The first-order valence-electron chi connectivity index (χ1n) is 9.56. The molecule has 2 aliphatic heterocycles. The van der Waals surface area contributed by atoms with Crippen LogP contribution in [0.1, 0.15) is 6.42 Å². The third-order valence-electron chi connectivity index (χ3n) is 5.77. The zero-order valence-corrected chi connectivity index (χ0v) is 15.5. The molecule has 27 heavy (non-hydrogen) atoms. The number of benzene rings is 2. The van der Waals surface area contributed by atoms with E-state index < -0.39 is 0 Å². The third kappa shape index (κ3) is 3.02. The molecule has 138 valence electrons. The van der Waals surface area contributed by atoms with Crippen LogP contribution in [0.5, 0.6) is 5.75 Å². The van der Waals surface area contributed by atoms with E-state index in [2.05, 4.69) is 23.1 Å². The van der Waals surface area contributed by atoms with Gasteiger partial charge in [-0.1, -0.05) is 24.3 Å². The average Bonchev–Trinajstić information content (AvgIpc) is 3.21. The molecule has 1 aromatic heterocycles. The van der Waals surface area contributed by atoms with Crippen LogP contribution in [-0.4, -0.2) is 43.4 Å². The molecule has 0 amide bonds. The number of nitrogens with zero attached hydrogens (tertiary/aromatic N) is 3. The van der Waals surface area contributed by atoms with Crippen LogP contribution in [0.4, 0.5) is 5.82 Å². The van der Waals surface area contributed by atoms with Crippen molar-refractivity contribution in [3.63, 3.8) is 0 Å². The SMILES string of the molecule is COc1cccc(-c2nc(N3CCC4COCC4C3)c3ccccc3n2)c1. The highest BCUT2D eigenvalue weighted by Crippen LogP contribution is 2.35. The van der Waals surface area contributed by atoms with E-state index in [0.29, 0.717) is 11.8 Å². The Morgan fingerprint density at radius 1 is 1.04 bits per heavy atom. The van der Waals surface area contributed by atoms with Crippen LogP contribution in [0.3, 0.4) is 0 Å². The lowest BCUT2D eigenvalue weighted by atomic mass is 9.88. The second-order valence-corrected chi connectivity index (χ2v) is 7.41. The van der Waals surface area contributed by atoms with Crippen LogP contribution in [0.2, 0.25) is 0 Å². The molecule has 0 aliphatic carbocycles. The Morgan fingerprint density at radius 3 is 2.85 bits per heavy atom. The second kappa shape index (κ2) is 6.82.